The zero-order valence-corrected chi connectivity index (χ0v) is 12.1. The van der Waals surface area contributed by atoms with Gasteiger partial charge in [0.2, 0.25) is 0 Å². The highest BCUT2D eigenvalue weighted by Crippen LogP contribution is 2.31. The average Bonchev–Trinajstić information content (AvgIpc) is 2.84. The number of carbonyl (C=O) groups is 2. The number of nitrogens with one attached hydrogen (secondary N) is 1. The van der Waals surface area contributed by atoms with Crippen LogP contribution in [0.3, 0.4) is 0 Å². The van der Waals surface area contributed by atoms with Crippen LogP contribution in [0.5, 0.6) is 0 Å². The maximum Gasteiger partial charge on any atom is 0.317 e. The summed E-state index contributed by atoms with van der Waals surface area (Å²) >= 11 is 0. The van der Waals surface area contributed by atoms with Crippen molar-refractivity contribution >= 4 is 12.0 Å². The molecule has 0 aromatic rings. The lowest BCUT2D eigenvalue weighted by atomic mass is 9.96. The quantitative estimate of drug-likeness (QED) is 0.835. The molecule has 0 aromatic heterocycles. The van der Waals surface area contributed by atoms with E-state index in [1.165, 1.54) is 19.3 Å². The van der Waals surface area contributed by atoms with Crippen LogP contribution in [0, 0.1) is 11.8 Å². The summed E-state index contributed by atoms with van der Waals surface area (Å²) in [6, 6.07) is -0.0112. The Balaban J connectivity index is 1.77. The van der Waals surface area contributed by atoms with Crippen molar-refractivity contribution in [3.63, 3.8) is 0 Å². The molecule has 0 radical (unpaired) electrons. The van der Waals surface area contributed by atoms with Crippen LogP contribution >= 0.6 is 0 Å². The molecule has 1 aliphatic carbocycles. The number of hydrogen-bond acceptors (Lipinski definition) is 2. The summed E-state index contributed by atoms with van der Waals surface area (Å²) < 4.78 is 0. The summed E-state index contributed by atoms with van der Waals surface area (Å²) in [4.78, 5) is 25.2. The average molecular weight is 282 g/mol. The maximum absolute atomic E-state index is 12.2. The Bertz CT molecular complexity index is 338. The van der Waals surface area contributed by atoms with Crippen LogP contribution in [0.15, 0.2) is 0 Å². The van der Waals surface area contributed by atoms with Gasteiger partial charge in [-0.15, -0.1) is 0 Å². The van der Waals surface area contributed by atoms with E-state index < -0.39 is 5.97 Å². The van der Waals surface area contributed by atoms with Gasteiger partial charge in [-0.1, -0.05) is 25.7 Å². The first kappa shape index (κ1) is 15.1. The monoisotopic (exact) mass is 282 g/mol. The van der Waals surface area contributed by atoms with E-state index in [2.05, 4.69) is 5.32 Å². The van der Waals surface area contributed by atoms with Crippen molar-refractivity contribution in [3.05, 3.63) is 0 Å². The van der Waals surface area contributed by atoms with E-state index in [1.807, 2.05) is 4.90 Å². The Morgan fingerprint density at radius 2 is 1.65 bits per heavy atom. The number of amides is 2. The highest BCUT2D eigenvalue weighted by atomic mass is 16.4. The molecule has 2 fully saturated rings. The molecule has 0 aromatic carbocycles. The minimum atomic E-state index is -0.715. The lowest BCUT2D eigenvalue weighted by Crippen LogP contribution is -2.44. The number of aliphatic carboxylic acids is 1. The highest BCUT2D eigenvalue weighted by Gasteiger charge is 2.33. The van der Waals surface area contributed by atoms with Crippen molar-refractivity contribution in [2.45, 2.75) is 51.4 Å². The van der Waals surface area contributed by atoms with E-state index in [4.69, 9.17) is 5.11 Å². The highest BCUT2D eigenvalue weighted by molar-refractivity contribution is 5.74. The molecule has 1 saturated heterocycles. The summed E-state index contributed by atoms with van der Waals surface area (Å²) in [5.41, 5.74) is 0. The van der Waals surface area contributed by atoms with Crippen molar-refractivity contribution in [3.8, 4) is 0 Å². The Morgan fingerprint density at radius 1 is 1.00 bits per heavy atom. The van der Waals surface area contributed by atoms with Gasteiger partial charge in [-0.3, -0.25) is 4.79 Å². The van der Waals surface area contributed by atoms with E-state index in [-0.39, 0.29) is 17.9 Å². The molecule has 2 rings (SSSR count). The Morgan fingerprint density at radius 3 is 2.30 bits per heavy atom. The molecule has 1 aliphatic heterocycles. The Labute approximate surface area is 120 Å². The van der Waals surface area contributed by atoms with E-state index in [0.717, 1.165) is 45.2 Å². The number of nitrogens with zero attached hydrogens (tertiary/aromatic N) is 1. The summed E-state index contributed by atoms with van der Waals surface area (Å²) in [6.45, 7) is 2.17. The fourth-order valence-corrected chi connectivity index (χ4v) is 3.39. The number of carboxylic acid groups (broad SMARTS) is 1. The normalized spacial score (nSPS) is 27.7. The predicted octanol–water partition coefficient (Wildman–Crippen LogP) is 2.46. The molecule has 2 atom stereocenters. The zero-order chi connectivity index (χ0) is 14.4. The summed E-state index contributed by atoms with van der Waals surface area (Å²) in [5, 5.41) is 12.1. The maximum atomic E-state index is 12.2. The molecule has 0 bridgehead atoms. The zero-order valence-electron chi connectivity index (χ0n) is 12.1. The molecule has 2 N–H and O–H groups in total. The van der Waals surface area contributed by atoms with Gasteiger partial charge in [0.05, 0.1) is 5.92 Å². The van der Waals surface area contributed by atoms with Gasteiger partial charge in [-0.25, -0.2) is 4.79 Å². The topological polar surface area (TPSA) is 69.6 Å². The van der Waals surface area contributed by atoms with Crippen LogP contribution in [-0.4, -0.2) is 41.6 Å². The van der Waals surface area contributed by atoms with Gasteiger partial charge >= 0.3 is 12.0 Å². The molecule has 2 aliphatic rings. The van der Waals surface area contributed by atoms with Crippen molar-refractivity contribution in [1.29, 1.82) is 0 Å². The third-order valence-electron chi connectivity index (χ3n) is 4.64. The second kappa shape index (κ2) is 7.50. The fraction of sp³-hybridized carbons (Fsp3) is 0.867. The number of likely N-dealkylation sites (tertiary alicyclic amines) is 1. The van der Waals surface area contributed by atoms with Crippen LogP contribution in [0.2, 0.25) is 0 Å². The molecule has 1 saturated carbocycles. The smallest absolute Gasteiger partial charge is 0.317 e. The molecule has 0 spiro atoms. The second-order valence-electron chi connectivity index (χ2n) is 6.08. The van der Waals surface area contributed by atoms with Gasteiger partial charge < -0.3 is 15.3 Å². The summed E-state index contributed by atoms with van der Waals surface area (Å²) in [6.07, 6.45) is 8.46. The van der Waals surface area contributed by atoms with E-state index >= 15 is 0 Å². The summed E-state index contributed by atoms with van der Waals surface area (Å²) in [7, 11) is 0. The van der Waals surface area contributed by atoms with E-state index in [9.17, 15) is 9.59 Å². The van der Waals surface area contributed by atoms with E-state index in [1.54, 1.807) is 0 Å². The van der Waals surface area contributed by atoms with Crippen LogP contribution in [0.25, 0.3) is 0 Å². The van der Waals surface area contributed by atoms with Crippen molar-refractivity contribution in [1.82, 2.24) is 10.2 Å². The first-order chi connectivity index (χ1) is 9.68. The lowest BCUT2D eigenvalue weighted by molar-refractivity contribution is -0.142. The molecule has 20 heavy (non-hydrogen) atoms. The first-order valence-electron chi connectivity index (χ1n) is 7.94. The molecular formula is C15H26N2O3. The number of carboxylic acids is 1. The third kappa shape index (κ3) is 4.12. The molecule has 1 heterocycles. The van der Waals surface area contributed by atoms with Gasteiger partial charge in [0.15, 0.2) is 0 Å². The lowest BCUT2D eigenvalue weighted by Gasteiger charge is -2.26. The summed E-state index contributed by atoms with van der Waals surface area (Å²) in [5.74, 6) is -0.887. The van der Waals surface area contributed by atoms with Crippen LogP contribution in [0.4, 0.5) is 4.79 Å². The van der Waals surface area contributed by atoms with Crippen molar-refractivity contribution < 1.29 is 14.7 Å². The van der Waals surface area contributed by atoms with Crippen LogP contribution in [0.1, 0.15) is 51.4 Å². The third-order valence-corrected chi connectivity index (χ3v) is 4.64. The molecule has 114 valence electrons. The predicted molar refractivity (Wildman–Crippen MR) is 76.5 cm³/mol. The number of urea groups is 1. The Hall–Kier alpha value is -1.26. The molecule has 5 nitrogen and oxygen atoms in total. The SMILES string of the molecule is O=C(O)C1CCCC1CNC(=O)N1CCCCCCC1. The number of rotatable bonds is 3. The first-order valence-corrected chi connectivity index (χ1v) is 7.94. The van der Waals surface area contributed by atoms with Crippen LogP contribution < -0.4 is 5.32 Å². The minimum absolute atomic E-state index is 0.0112. The molecular weight excluding hydrogens is 256 g/mol. The van der Waals surface area contributed by atoms with Crippen molar-refractivity contribution in [2.75, 3.05) is 19.6 Å². The van der Waals surface area contributed by atoms with Gasteiger partial charge in [-0.05, 0) is 31.6 Å². The van der Waals surface area contributed by atoms with Gasteiger partial charge in [-0.2, -0.15) is 0 Å². The molecule has 5 heteroatoms. The second-order valence-corrected chi connectivity index (χ2v) is 6.08. The number of hydrogen-bond donors (Lipinski definition) is 2. The standard InChI is InChI=1S/C15H26N2O3/c18-14(19)13-8-6-7-12(13)11-16-15(20)17-9-4-2-1-3-5-10-17/h12-13H,1-11H2,(H,16,20)(H,18,19). The fourth-order valence-electron chi connectivity index (χ4n) is 3.39. The minimum Gasteiger partial charge on any atom is -0.481 e. The van der Waals surface area contributed by atoms with Gasteiger partial charge in [0.25, 0.3) is 0 Å². The van der Waals surface area contributed by atoms with Crippen molar-refractivity contribution in [2.24, 2.45) is 11.8 Å². The molecule has 2 unspecified atom stereocenters. The largest absolute Gasteiger partial charge is 0.481 e. The van der Waals surface area contributed by atoms with Gasteiger partial charge in [0, 0.05) is 19.6 Å². The molecule has 2 amide bonds. The van der Waals surface area contributed by atoms with Crippen LogP contribution in [-0.2, 0) is 4.79 Å². The number of carbonyl (C=O) groups excluding carboxylic acids is 1. The Kier molecular flexibility index (Phi) is 5.68. The van der Waals surface area contributed by atoms with Gasteiger partial charge in [0.1, 0.15) is 0 Å². The van der Waals surface area contributed by atoms with E-state index in [0.29, 0.717) is 6.54 Å².